The summed E-state index contributed by atoms with van der Waals surface area (Å²) in [5.74, 6) is 0.347. The Hall–Kier alpha value is -0.860. The minimum Gasteiger partial charge on any atom is -0.316 e. The van der Waals surface area contributed by atoms with E-state index in [0.29, 0.717) is 10.9 Å². The molecule has 1 N–H and O–H groups in total. The summed E-state index contributed by atoms with van der Waals surface area (Å²) in [6.07, 6.45) is 6.31. The molecule has 1 aromatic rings. The summed E-state index contributed by atoms with van der Waals surface area (Å²) in [6.45, 7) is 6.25. The molecule has 104 valence electrons. The van der Waals surface area contributed by atoms with Crippen LogP contribution in [0.3, 0.4) is 0 Å². The second-order valence-corrected chi connectivity index (χ2v) is 6.22. The van der Waals surface area contributed by atoms with E-state index in [2.05, 4.69) is 31.3 Å². The normalized spacial score (nSPS) is 17.3. The van der Waals surface area contributed by atoms with Gasteiger partial charge in [-0.25, -0.2) is 4.39 Å². The molecule has 1 aromatic carbocycles. The molecule has 1 aliphatic carbocycles. The minimum atomic E-state index is -0.273. The number of benzene rings is 1. The van der Waals surface area contributed by atoms with Crippen LogP contribution in [0.5, 0.6) is 0 Å². The molecule has 0 atom stereocenters. The summed E-state index contributed by atoms with van der Waals surface area (Å²) in [5.41, 5.74) is 1.04. The molecule has 3 heteroatoms. The Balaban J connectivity index is 2.19. The van der Waals surface area contributed by atoms with Gasteiger partial charge in [-0.2, -0.15) is 0 Å². The molecule has 2 rings (SSSR count). The summed E-state index contributed by atoms with van der Waals surface area (Å²) in [7, 11) is 0. The molecule has 19 heavy (non-hydrogen) atoms. The zero-order valence-corrected chi connectivity index (χ0v) is 12.3. The first kappa shape index (κ1) is 14.5. The molecule has 0 amide bonds. The van der Waals surface area contributed by atoms with Crippen molar-refractivity contribution in [3.05, 3.63) is 46.8 Å². The molecule has 0 fully saturated rings. The molecular weight excluding hydrogens is 261 g/mol. The van der Waals surface area contributed by atoms with Crippen LogP contribution in [0.1, 0.15) is 32.3 Å². The monoisotopic (exact) mass is 281 g/mol. The van der Waals surface area contributed by atoms with Gasteiger partial charge >= 0.3 is 0 Å². The number of nitrogens with one attached hydrogen (secondary N) is 1. The lowest BCUT2D eigenvalue weighted by molar-refractivity contribution is 0.402. The van der Waals surface area contributed by atoms with Gasteiger partial charge in [0.2, 0.25) is 0 Å². The van der Waals surface area contributed by atoms with Gasteiger partial charge < -0.3 is 5.32 Å². The van der Waals surface area contributed by atoms with Crippen molar-refractivity contribution < 1.29 is 4.39 Å². The topological polar surface area (TPSA) is 12.0 Å². The zero-order chi connectivity index (χ0) is 13.9. The van der Waals surface area contributed by atoms with Crippen molar-refractivity contribution in [2.45, 2.75) is 32.1 Å². The first-order chi connectivity index (χ1) is 9.03. The zero-order valence-electron chi connectivity index (χ0n) is 11.5. The molecule has 0 unspecified atom stereocenters. The van der Waals surface area contributed by atoms with Crippen LogP contribution in [-0.2, 0) is 5.41 Å². The first-order valence-electron chi connectivity index (χ1n) is 6.85. The van der Waals surface area contributed by atoms with Crippen LogP contribution in [0, 0.1) is 11.7 Å². The fourth-order valence-electron chi connectivity index (χ4n) is 2.68. The molecule has 0 bridgehead atoms. The van der Waals surface area contributed by atoms with E-state index in [1.54, 1.807) is 0 Å². The van der Waals surface area contributed by atoms with Gasteiger partial charge in [0.1, 0.15) is 5.82 Å². The highest BCUT2D eigenvalue weighted by molar-refractivity contribution is 6.31. The second-order valence-electron chi connectivity index (χ2n) is 5.81. The largest absolute Gasteiger partial charge is 0.316 e. The molecule has 0 aromatic heterocycles. The lowest BCUT2D eigenvalue weighted by Gasteiger charge is -2.31. The van der Waals surface area contributed by atoms with Gasteiger partial charge in [0.15, 0.2) is 0 Å². The van der Waals surface area contributed by atoms with Crippen LogP contribution in [0.4, 0.5) is 4.39 Å². The van der Waals surface area contributed by atoms with Gasteiger partial charge in [-0.15, -0.1) is 0 Å². The summed E-state index contributed by atoms with van der Waals surface area (Å²) in [4.78, 5) is 0. The Morgan fingerprint density at radius 3 is 2.58 bits per heavy atom. The predicted octanol–water partition coefficient (Wildman–Crippen LogP) is 4.31. The van der Waals surface area contributed by atoms with Gasteiger partial charge in [0.25, 0.3) is 0 Å². The SMILES string of the molecule is CC(C)CNCC1(c2ccc(F)cc2Cl)CC=CC1. The number of hydrogen-bond acceptors (Lipinski definition) is 1. The Kier molecular flexibility index (Phi) is 4.64. The molecule has 1 aliphatic rings. The third-order valence-corrected chi connectivity index (χ3v) is 4.02. The van der Waals surface area contributed by atoms with Crippen LogP contribution in [0.2, 0.25) is 5.02 Å². The Labute approximate surface area is 119 Å². The van der Waals surface area contributed by atoms with E-state index in [0.717, 1.165) is 31.5 Å². The molecule has 0 spiro atoms. The van der Waals surface area contributed by atoms with E-state index in [4.69, 9.17) is 11.6 Å². The quantitative estimate of drug-likeness (QED) is 0.793. The van der Waals surface area contributed by atoms with Crippen LogP contribution < -0.4 is 5.32 Å². The van der Waals surface area contributed by atoms with Crippen LogP contribution in [0.15, 0.2) is 30.4 Å². The van der Waals surface area contributed by atoms with Crippen molar-refractivity contribution in [2.24, 2.45) is 5.92 Å². The smallest absolute Gasteiger partial charge is 0.124 e. The van der Waals surface area contributed by atoms with Gasteiger partial charge in [-0.1, -0.05) is 43.7 Å². The van der Waals surface area contributed by atoms with E-state index in [9.17, 15) is 4.39 Å². The van der Waals surface area contributed by atoms with Gasteiger partial charge in [0.05, 0.1) is 0 Å². The number of hydrogen-bond donors (Lipinski definition) is 1. The molecule has 0 radical (unpaired) electrons. The van der Waals surface area contributed by atoms with E-state index >= 15 is 0 Å². The summed E-state index contributed by atoms with van der Waals surface area (Å²) in [6, 6.07) is 4.75. The predicted molar refractivity (Wildman–Crippen MR) is 79.2 cm³/mol. The molecule has 0 heterocycles. The van der Waals surface area contributed by atoms with Crippen molar-refractivity contribution in [1.29, 1.82) is 0 Å². The van der Waals surface area contributed by atoms with Crippen molar-refractivity contribution >= 4 is 11.6 Å². The molecule has 0 aliphatic heterocycles. The van der Waals surface area contributed by atoms with Crippen molar-refractivity contribution in [3.8, 4) is 0 Å². The number of rotatable bonds is 5. The number of allylic oxidation sites excluding steroid dienone is 2. The summed E-state index contributed by atoms with van der Waals surface area (Å²) >= 11 is 6.25. The Bertz CT molecular complexity index is 460. The fraction of sp³-hybridized carbons (Fsp3) is 0.500. The average molecular weight is 282 g/mol. The Morgan fingerprint density at radius 1 is 1.32 bits per heavy atom. The van der Waals surface area contributed by atoms with E-state index in [1.807, 2.05) is 6.07 Å². The fourth-order valence-corrected chi connectivity index (χ4v) is 3.05. The Morgan fingerprint density at radius 2 is 2.00 bits per heavy atom. The summed E-state index contributed by atoms with van der Waals surface area (Å²) < 4.78 is 13.2. The maximum atomic E-state index is 13.2. The van der Waals surface area contributed by atoms with Crippen LogP contribution in [-0.4, -0.2) is 13.1 Å². The molecular formula is C16H21ClFN. The van der Waals surface area contributed by atoms with Crippen molar-refractivity contribution in [1.82, 2.24) is 5.32 Å². The minimum absolute atomic E-state index is 0.0142. The van der Waals surface area contributed by atoms with Crippen LogP contribution in [0.25, 0.3) is 0 Å². The average Bonchev–Trinajstić information content (AvgIpc) is 2.78. The second kappa shape index (κ2) is 6.06. The number of halogens is 2. The highest BCUT2D eigenvalue weighted by Gasteiger charge is 2.34. The summed E-state index contributed by atoms with van der Waals surface area (Å²) in [5, 5.41) is 4.05. The third kappa shape index (κ3) is 3.37. The van der Waals surface area contributed by atoms with Gasteiger partial charge in [-0.3, -0.25) is 0 Å². The molecule has 0 saturated carbocycles. The van der Waals surface area contributed by atoms with Crippen molar-refractivity contribution in [2.75, 3.05) is 13.1 Å². The van der Waals surface area contributed by atoms with Gasteiger partial charge in [-0.05, 0) is 43.0 Å². The van der Waals surface area contributed by atoms with E-state index in [-0.39, 0.29) is 11.2 Å². The maximum Gasteiger partial charge on any atom is 0.124 e. The van der Waals surface area contributed by atoms with E-state index < -0.39 is 0 Å². The first-order valence-corrected chi connectivity index (χ1v) is 7.22. The lowest BCUT2D eigenvalue weighted by Crippen LogP contribution is -2.38. The lowest BCUT2D eigenvalue weighted by atomic mass is 9.78. The van der Waals surface area contributed by atoms with Gasteiger partial charge in [0, 0.05) is 17.0 Å². The highest BCUT2D eigenvalue weighted by Crippen LogP contribution is 2.40. The molecule has 1 nitrogen and oxygen atoms in total. The van der Waals surface area contributed by atoms with E-state index in [1.165, 1.54) is 12.1 Å². The van der Waals surface area contributed by atoms with Crippen LogP contribution >= 0.6 is 11.6 Å². The molecule has 0 saturated heterocycles. The van der Waals surface area contributed by atoms with Crippen molar-refractivity contribution in [3.63, 3.8) is 0 Å². The maximum absolute atomic E-state index is 13.2. The third-order valence-electron chi connectivity index (χ3n) is 3.70. The highest BCUT2D eigenvalue weighted by atomic mass is 35.5. The standard InChI is InChI=1S/C16H21ClFN/c1-12(2)10-19-11-16(7-3-4-8-16)14-6-5-13(18)9-15(14)17/h3-6,9,12,19H,7-8,10-11H2,1-2H3.